The topological polar surface area (TPSA) is 75.7 Å². The summed E-state index contributed by atoms with van der Waals surface area (Å²) in [6, 6.07) is 9.47. The molecule has 0 saturated heterocycles. The lowest BCUT2D eigenvalue weighted by Crippen LogP contribution is -2.31. The number of nitrogens with one attached hydrogen (secondary N) is 1. The first-order chi connectivity index (χ1) is 13.7. The molecule has 2 aromatic rings. The third kappa shape index (κ3) is 5.85. The lowest BCUT2D eigenvalue weighted by atomic mass is 10.1. The van der Waals surface area contributed by atoms with Crippen LogP contribution < -0.4 is 10.1 Å². The predicted octanol–water partition coefficient (Wildman–Crippen LogP) is 4.60. The van der Waals surface area contributed by atoms with Crippen molar-refractivity contribution in [2.45, 2.75) is 32.1 Å². The van der Waals surface area contributed by atoms with Crippen LogP contribution in [0.4, 0.5) is 5.69 Å². The number of anilines is 1. The average molecular weight is 459 g/mol. The molecular weight excluding hydrogens is 435 g/mol. The van der Waals surface area contributed by atoms with E-state index < -0.39 is 10.0 Å². The van der Waals surface area contributed by atoms with Crippen LogP contribution in [-0.4, -0.2) is 38.3 Å². The first-order valence-corrected chi connectivity index (χ1v) is 11.4. The van der Waals surface area contributed by atoms with Gasteiger partial charge in [-0.3, -0.25) is 4.79 Å². The minimum absolute atomic E-state index is 0.0189. The van der Waals surface area contributed by atoms with Crippen LogP contribution in [0.5, 0.6) is 5.75 Å². The van der Waals surface area contributed by atoms with Crippen molar-refractivity contribution in [1.82, 2.24) is 4.31 Å². The van der Waals surface area contributed by atoms with Crippen LogP contribution in [0, 0.1) is 0 Å². The van der Waals surface area contributed by atoms with Crippen molar-refractivity contribution in [2.75, 3.05) is 25.0 Å². The Morgan fingerprint density at radius 1 is 1.07 bits per heavy atom. The number of rotatable bonds is 9. The molecule has 0 saturated carbocycles. The Morgan fingerprint density at radius 2 is 1.76 bits per heavy atom. The van der Waals surface area contributed by atoms with Crippen molar-refractivity contribution in [3.05, 3.63) is 52.0 Å². The van der Waals surface area contributed by atoms with Gasteiger partial charge in [0.25, 0.3) is 0 Å². The van der Waals surface area contributed by atoms with E-state index in [0.717, 1.165) is 0 Å². The van der Waals surface area contributed by atoms with E-state index in [2.05, 4.69) is 5.32 Å². The number of halogens is 2. The first kappa shape index (κ1) is 23.5. The molecule has 0 spiro atoms. The first-order valence-electron chi connectivity index (χ1n) is 9.23. The van der Waals surface area contributed by atoms with Gasteiger partial charge in [-0.05, 0) is 42.8 Å². The number of carbonyl (C=O) groups excluding carboxylic acids is 1. The molecule has 1 amide bonds. The molecule has 0 aliphatic rings. The largest absolute Gasteiger partial charge is 0.492 e. The Hall–Kier alpha value is -1.80. The van der Waals surface area contributed by atoms with Gasteiger partial charge in [-0.1, -0.05) is 43.1 Å². The van der Waals surface area contributed by atoms with Gasteiger partial charge >= 0.3 is 0 Å². The average Bonchev–Trinajstić information content (AvgIpc) is 2.66. The van der Waals surface area contributed by atoms with Crippen molar-refractivity contribution >= 4 is 44.8 Å². The molecule has 158 valence electrons. The maximum Gasteiger partial charge on any atom is 0.246 e. The number of sulfonamides is 1. The fraction of sp³-hybridized carbons (Fsp3) is 0.350. The maximum atomic E-state index is 13.0. The van der Waals surface area contributed by atoms with Crippen molar-refractivity contribution < 1.29 is 17.9 Å². The van der Waals surface area contributed by atoms with Crippen LogP contribution >= 0.6 is 23.2 Å². The van der Waals surface area contributed by atoms with Crippen molar-refractivity contribution in [3.8, 4) is 5.75 Å². The number of hydrogen-bond donors (Lipinski definition) is 1. The molecule has 0 unspecified atom stereocenters. The number of ether oxygens (including phenoxy) is 1. The standard InChI is InChI=1S/C20H24Cl2N2O4S/c1-4-24(5-2)29(26,27)19-13-16(9-10-18(19)28-6-3)23-20(25)11-14-7-8-15(21)12-17(14)22/h7-10,12-13H,4-6,11H2,1-3H3,(H,23,25). The highest BCUT2D eigenvalue weighted by atomic mass is 35.5. The number of amides is 1. The van der Waals surface area contributed by atoms with E-state index in [1.165, 1.54) is 10.4 Å². The summed E-state index contributed by atoms with van der Waals surface area (Å²) in [6.45, 7) is 6.29. The van der Waals surface area contributed by atoms with Gasteiger partial charge in [0.2, 0.25) is 15.9 Å². The lowest BCUT2D eigenvalue weighted by Gasteiger charge is -2.21. The molecule has 0 heterocycles. The minimum atomic E-state index is -3.76. The van der Waals surface area contributed by atoms with E-state index in [-0.39, 0.29) is 23.0 Å². The van der Waals surface area contributed by atoms with E-state index in [4.69, 9.17) is 27.9 Å². The number of hydrogen-bond acceptors (Lipinski definition) is 4. The highest BCUT2D eigenvalue weighted by Crippen LogP contribution is 2.30. The highest BCUT2D eigenvalue weighted by molar-refractivity contribution is 7.89. The quantitative estimate of drug-likeness (QED) is 0.595. The molecule has 0 fully saturated rings. The highest BCUT2D eigenvalue weighted by Gasteiger charge is 2.26. The van der Waals surface area contributed by atoms with Gasteiger partial charge in [-0.15, -0.1) is 0 Å². The van der Waals surface area contributed by atoms with Gasteiger partial charge in [-0.25, -0.2) is 8.42 Å². The van der Waals surface area contributed by atoms with Gasteiger partial charge in [0.1, 0.15) is 10.6 Å². The van der Waals surface area contributed by atoms with Crippen molar-refractivity contribution in [2.24, 2.45) is 0 Å². The van der Waals surface area contributed by atoms with E-state index in [9.17, 15) is 13.2 Å². The molecule has 0 aromatic heterocycles. The minimum Gasteiger partial charge on any atom is -0.492 e. The van der Waals surface area contributed by atoms with Gasteiger partial charge in [0.05, 0.1) is 13.0 Å². The monoisotopic (exact) mass is 458 g/mol. The van der Waals surface area contributed by atoms with Gasteiger partial charge in [0, 0.05) is 28.8 Å². The fourth-order valence-electron chi connectivity index (χ4n) is 2.81. The summed E-state index contributed by atoms with van der Waals surface area (Å²) in [5, 5.41) is 3.60. The van der Waals surface area contributed by atoms with Crippen LogP contribution in [0.1, 0.15) is 26.3 Å². The predicted molar refractivity (Wildman–Crippen MR) is 117 cm³/mol. The number of carbonyl (C=O) groups is 1. The summed E-state index contributed by atoms with van der Waals surface area (Å²) >= 11 is 12.0. The molecule has 2 rings (SSSR count). The van der Waals surface area contributed by atoms with Crippen LogP contribution in [0.3, 0.4) is 0 Å². The molecule has 29 heavy (non-hydrogen) atoms. The molecule has 0 radical (unpaired) electrons. The van der Waals surface area contributed by atoms with E-state index in [1.807, 2.05) is 0 Å². The van der Waals surface area contributed by atoms with E-state index in [1.54, 1.807) is 51.1 Å². The van der Waals surface area contributed by atoms with Crippen LogP contribution in [-0.2, 0) is 21.2 Å². The molecule has 0 atom stereocenters. The summed E-state index contributed by atoms with van der Waals surface area (Å²) < 4.78 is 32.8. The molecule has 2 aromatic carbocycles. The van der Waals surface area contributed by atoms with E-state index in [0.29, 0.717) is 41.0 Å². The zero-order valence-corrected chi connectivity index (χ0v) is 18.9. The summed E-state index contributed by atoms with van der Waals surface area (Å²) in [6.07, 6.45) is 0.0291. The Kier molecular flexibility index (Phi) is 8.34. The van der Waals surface area contributed by atoms with Crippen molar-refractivity contribution in [3.63, 3.8) is 0 Å². The zero-order valence-electron chi connectivity index (χ0n) is 16.5. The second kappa shape index (κ2) is 10.3. The SMILES string of the molecule is CCOc1ccc(NC(=O)Cc2ccc(Cl)cc2Cl)cc1S(=O)(=O)N(CC)CC. The third-order valence-electron chi connectivity index (χ3n) is 4.22. The molecule has 1 N–H and O–H groups in total. The summed E-state index contributed by atoms with van der Waals surface area (Å²) in [7, 11) is -3.76. The molecule has 0 aliphatic carbocycles. The molecule has 0 bridgehead atoms. The Labute approximate surface area is 181 Å². The molecular formula is C20H24Cl2N2O4S. The molecule has 6 nitrogen and oxygen atoms in total. The zero-order chi connectivity index (χ0) is 21.6. The number of benzene rings is 2. The Morgan fingerprint density at radius 3 is 2.34 bits per heavy atom. The van der Waals surface area contributed by atoms with Crippen LogP contribution in [0.2, 0.25) is 10.0 Å². The van der Waals surface area contributed by atoms with Crippen LogP contribution in [0.25, 0.3) is 0 Å². The second-order valence-corrected chi connectivity index (χ2v) is 8.89. The smallest absolute Gasteiger partial charge is 0.246 e. The summed E-state index contributed by atoms with van der Waals surface area (Å²) in [5.41, 5.74) is 0.977. The van der Waals surface area contributed by atoms with Gasteiger partial charge in [0.15, 0.2) is 0 Å². The third-order valence-corrected chi connectivity index (χ3v) is 6.87. The summed E-state index contributed by atoms with van der Waals surface area (Å²) in [4.78, 5) is 12.5. The second-order valence-electron chi connectivity index (χ2n) is 6.14. The molecule has 0 aliphatic heterocycles. The Bertz CT molecular complexity index is 976. The fourth-order valence-corrected chi connectivity index (χ4v) is 4.90. The van der Waals surface area contributed by atoms with Crippen LogP contribution in [0.15, 0.2) is 41.3 Å². The van der Waals surface area contributed by atoms with Crippen molar-refractivity contribution in [1.29, 1.82) is 0 Å². The molecule has 9 heteroatoms. The van der Waals surface area contributed by atoms with Gasteiger partial charge < -0.3 is 10.1 Å². The maximum absolute atomic E-state index is 13.0. The van der Waals surface area contributed by atoms with Gasteiger partial charge in [-0.2, -0.15) is 4.31 Å². The van der Waals surface area contributed by atoms with E-state index >= 15 is 0 Å². The summed E-state index contributed by atoms with van der Waals surface area (Å²) in [5.74, 6) is -0.0808. The number of nitrogens with zero attached hydrogens (tertiary/aromatic N) is 1. The normalized spacial score (nSPS) is 11.5. The Balaban J connectivity index is 2.31. The lowest BCUT2D eigenvalue weighted by molar-refractivity contribution is -0.115.